The lowest BCUT2D eigenvalue weighted by Crippen LogP contribution is -2.31. The van der Waals surface area contributed by atoms with Gasteiger partial charge in [-0.15, -0.1) is 0 Å². The minimum absolute atomic E-state index is 0.0197. The van der Waals surface area contributed by atoms with Gasteiger partial charge in [0.15, 0.2) is 6.61 Å². The minimum atomic E-state index is -0.146. The molecule has 0 aliphatic rings. The first-order valence-electron chi connectivity index (χ1n) is 6.89. The Hall–Kier alpha value is -1.59. The maximum Gasteiger partial charge on any atom is 0.258 e. The summed E-state index contributed by atoms with van der Waals surface area (Å²) in [6.45, 7) is 6.15. The molecule has 112 valence electrons. The van der Waals surface area contributed by atoms with E-state index in [1.807, 2.05) is 24.3 Å². The van der Waals surface area contributed by atoms with Crippen LogP contribution >= 0.6 is 0 Å². The van der Waals surface area contributed by atoms with Gasteiger partial charge in [-0.05, 0) is 31.2 Å². The fourth-order valence-corrected chi connectivity index (χ4v) is 1.77. The van der Waals surface area contributed by atoms with Gasteiger partial charge in [-0.1, -0.05) is 19.1 Å². The van der Waals surface area contributed by atoms with Crippen LogP contribution in [-0.4, -0.2) is 39.3 Å². The van der Waals surface area contributed by atoms with E-state index in [0.717, 1.165) is 6.54 Å². The molecule has 20 heavy (non-hydrogen) atoms. The summed E-state index contributed by atoms with van der Waals surface area (Å²) in [5.74, 6) is 0.548. The summed E-state index contributed by atoms with van der Waals surface area (Å²) in [6.07, 6.45) is 0. The highest BCUT2D eigenvalue weighted by Crippen LogP contribution is 2.17. The Morgan fingerprint density at radius 3 is 2.60 bits per heavy atom. The van der Waals surface area contributed by atoms with Gasteiger partial charge in [0.25, 0.3) is 5.91 Å². The van der Waals surface area contributed by atoms with Crippen molar-refractivity contribution in [3.8, 4) is 5.75 Å². The summed E-state index contributed by atoms with van der Waals surface area (Å²) in [6, 6.07) is 8.08. The molecule has 0 bridgehead atoms. The molecule has 5 heteroatoms. The van der Waals surface area contributed by atoms with E-state index in [9.17, 15) is 4.79 Å². The van der Waals surface area contributed by atoms with Crippen molar-refractivity contribution in [2.75, 3.05) is 33.4 Å². The second kappa shape index (κ2) is 9.34. The van der Waals surface area contributed by atoms with Crippen LogP contribution in [0.2, 0.25) is 0 Å². The summed E-state index contributed by atoms with van der Waals surface area (Å²) >= 11 is 0. The van der Waals surface area contributed by atoms with Crippen LogP contribution in [0.15, 0.2) is 24.3 Å². The average Bonchev–Trinajstić information content (AvgIpc) is 2.46. The Kier molecular flexibility index (Phi) is 7.69. The molecular formula is C15H24N2O3. The van der Waals surface area contributed by atoms with Gasteiger partial charge < -0.3 is 20.1 Å². The van der Waals surface area contributed by atoms with Gasteiger partial charge in [0.05, 0.1) is 6.61 Å². The maximum atomic E-state index is 11.4. The lowest BCUT2D eigenvalue weighted by molar-refractivity contribution is -0.123. The lowest BCUT2D eigenvalue weighted by atomic mass is 10.1. The summed E-state index contributed by atoms with van der Waals surface area (Å²) in [5, 5.41) is 6.04. The average molecular weight is 280 g/mol. The third-order valence-corrected chi connectivity index (χ3v) is 2.89. The van der Waals surface area contributed by atoms with Crippen molar-refractivity contribution < 1.29 is 14.3 Å². The third kappa shape index (κ3) is 6.04. The molecule has 0 heterocycles. The van der Waals surface area contributed by atoms with Crippen LogP contribution in [0.3, 0.4) is 0 Å². The molecule has 0 saturated heterocycles. The Morgan fingerprint density at radius 2 is 2.00 bits per heavy atom. The van der Waals surface area contributed by atoms with E-state index in [0.29, 0.717) is 24.9 Å². The highest BCUT2D eigenvalue weighted by atomic mass is 16.5. The van der Waals surface area contributed by atoms with E-state index < -0.39 is 0 Å². The van der Waals surface area contributed by atoms with Crippen LogP contribution in [0.4, 0.5) is 0 Å². The predicted molar refractivity (Wildman–Crippen MR) is 78.9 cm³/mol. The maximum absolute atomic E-state index is 11.4. The summed E-state index contributed by atoms with van der Waals surface area (Å²) in [7, 11) is 1.60. The van der Waals surface area contributed by atoms with Crippen LogP contribution in [0.1, 0.15) is 25.5 Å². The first kappa shape index (κ1) is 16.5. The highest BCUT2D eigenvalue weighted by molar-refractivity contribution is 5.77. The fraction of sp³-hybridized carbons (Fsp3) is 0.533. The molecule has 1 aromatic carbocycles. The number of amides is 1. The molecule has 1 atom stereocenters. The molecule has 1 unspecified atom stereocenters. The molecule has 0 saturated carbocycles. The summed E-state index contributed by atoms with van der Waals surface area (Å²) in [5.41, 5.74) is 1.20. The number of methoxy groups -OCH3 is 1. The first-order chi connectivity index (χ1) is 9.67. The quantitative estimate of drug-likeness (QED) is 0.673. The highest BCUT2D eigenvalue weighted by Gasteiger charge is 2.05. The van der Waals surface area contributed by atoms with Crippen molar-refractivity contribution >= 4 is 5.91 Å². The normalized spacial score (nSPS) is 11.9. The molecule has 5 nitrogen and oxygen atoms in total. The second-order valence-corrected chi connectivity index (χ2v) is 4.48. The van der Waals surface area contributed by atoms with E-state index in [-0.39, 0.29) is 12.5 Å². The van der Waals surface area contributed by atoms with Crippen LogP contribution in [0.25, 0.3) is 0 Å². The van der Waals surface area contributed by atoms with E-state index in [1.165, 1.54) is 5.56 Å². The zero-order chi connectivity index (χ0) is 14.8. The van der Waals surface area contributed by atoms with E-state index >= 15 is 0 Å². The molecule has 1 rings (SSSR count). The molecule has 0 radical (unpaired) electrons. The van der Waals surface area contributed by atoms with Crippen molar-refractivity contribution in [2.24, 2.45) is 0 Å². The fourth-order valence-electron chi connectivity index (χ4n) is 1.77. The number of nitrogens with one attached hydrogen (secondary N) is 2. The van der Waals surface area contributed by atoms with E-state index in [1.54, 1.807) is 7.11 Å². The minimum Gasteiger partial charge on any atom is -0.484 e. The van der Waals surface area contributed by atoms with E-state index in [2.05, 4.69) is 24.5 Å². The molecule has 0 aromatic heterocycles. The number of ether oxygens (including phenoxy) is 2. The largest absolute Gasteiger partial charge is 0.484 e. The van der Waals surface area contributed by atoms with Gasteiger partial charge in [-0.25, -0.2) is 0 Å². The van der Waals surface area contributed by atoms with Gasteiger partial charge in [0.1, 0.15) is 5.75 Å². The predicted octanol–water partition coefficient (Wildman–Crippen LogP) is 1.50. The molecule has 1 amide bonds. The Morgan fingerprint density at radius 1 is 1.30 bits per heavy atom. The molecule has 1 aromatic rings. The second-order valence-electron chi connectivity index (χ2n) is 4.48. The van der Waals surface area contributed by atoms with Crippen LogP contribution < -0.4 is 15.4 Å². The summed E-state index contributed by atoms with van der Waals surface area (Å²) in [4.78, 5) is 11.4. The Balaban J connectivity index is 2.36. The first-order valence-corrected chi connectivity index (χ1v) is 6.89. The van der Waals surface area contributed by atoms with Crippen LogP contribution in [0.5, 0.6) is 5.75 Å². The molecule has 2 N–H and O–H groups in total. The van der Waals surface area contributed by atoms with Crippen LogP contribution in [-0.2, 0) is 9.53 Å². The number of carbonyl (C=O) groups excluding carboxylic acids is 1. The summed E-state index contributed by atoms with van der Waals surface area (Å²) < 4.78 is 10.3. The molecule has 0 fully saturated rings. The smallest absolute Gasteiger partial charge is 0.258 e. The van der Waals surface area contributed by atoms with Crippen molar-refractivity contribution in [3.63, 3.8) is 0 Å². The van der Waals surface area contributed by atoms with Gasteiger partial charge in [-0.2, -0.15) is 0 Å². The lowest BCUT2D eigenvalue weighted by Gasteiger charge is -2.13. The van der Waals surface area contributed by atoms with Crippen molar-refractivity contribution in [1.29, 1.82) is 0 Å². The Bertz CT molecular complexity index is 393. The zero-order valence-corrected chi connectivity index (χ0v) is 12.4. The standard InChI is InChI=1S/C15H24N2O3/c1-4-16-12(2)13-5-7-14(8-6-13)20-11-15(18)17-9-10-19-3/h5-8,12,16H,4,9-11H2,1-3H3,(H,17,18). The van der Waals surface area contributed by atoms with Gasteiger partial charge in [0, 0.05) is 19.7 Å². The molecule has 0 spiro atoms. The molecule has 0 aliphatic heterocycles. The number of benzene rings is 1. The number of carbonyl (C=O) groups is 1. The molecular weight excluding hydrogens is 256 g/mol. The van der Waals surface area contributed by atoms with Gasteiger partial charge in [0.2, 0.25) is 0 Å². The van der Waals surface area contributed by atoms with Crippen LogP contribution in [0, 0.1) is 0 Å². The number of rotatable bonds is 9. The SMILES string of the molecule is CCNC(C)c1ccc(OCC(=O)NCCOC)cc1. The van der Waals surface area contributed by atoms with Crippen molar-refractivity contribution in [3.05, 3.63) is 29.8 Å². The van der Waals surface area contributed by atoms with E-state index in [4.69, 9.17) is 9.47 Å². The van der Waals surface area contributed by atoms with Crippen molar-refractivity contribution in [2.45, 2.75) is 19.9 Å². The number of hydrogen-bond donors (Lipinski definition) is 2. The Labute approximate surface area is 120 Å². The number of hydrogen-bond acceptors (Lipinski definition) is 4. The molecule has 0 aliphatic carbocycles. The van der Waals surface area contributed by atoms with Gasteiger partial charge in [-0.3, -0.25) is 4.79 Å². The zero-order valence-electron chi connectivity index (χ0n) is 12.4. The van der Waals surface area contributed by atoms with Crippen molar-refractivity contribution in [1.82, 2.24) is 10.6 Å². The topological polar surface area (TPSA) is 59.6 Å². The third-order valence-electron chi connectivity index (χ3n) is 2.89. The van der Waals surface area contributed by atoms with Gasteiger partial charge >= 0.3 is 0 Å². The monoisotopic (exact) mass is 280 g/mol.